The predicted molar refractivity (Wildman–Crippen MR) is 59.3 cm³/mol. The lowest BCUT2D eigenvalue weighted by molar-refractivity contribution is 0.589. The molecule has 1 aromatic carbocycles. The van der Waals surface area contributed by atoms with E-state index in [1.807, 2.05) is 19.1 Å². The zero-order valence-corrected chi connectivity index (χ0v) is 9.23. The Labute approximate surface area is 84.8 Å². The summed E-state index contributed by atoms with van der Waals surface area (Å²) in [5, 5.41) is 0. The largest absolute Gasteiger partial charge is 0.0613 e. The van der Waals surface area contributed by atoms with Crippen molar-refractivity contribution in [1.29, 1.82) is 0 Å². The molecule has 0 atom stereocenters. The normalized spacial score (nSPS) is 15.2. The van der Waals surface area contributed by atoms with Gasteiger partial charge in [-0.1, -0.05) is 45.9 Å². The summed E-state index contributed by atoms with van der Waals surface area (Å²) < 4.78 is 15.4. The maximum absolute atomic E-state index is 7.71. The van der Waals surface area contributed by atoms with Gasteiger partial charge in [-0.05, 0) is 35.4 Å². The van der Waals surface area contributed by atoms with Gasteiger partial charge < -0.3 is 0 Å². The molecule has 0 spiro atoms. The van der Waals surface area contributed by atoms with Gasteiger partial charge in [-0.2, -0.15) is 0 Å². The summed E-state index contributed by atoms with van der Waals surface area (Å²) in [6.07, 6.45) is -1.25. The fourth-order valence-electron chi connectivity index (χ4n) is 1.41. The minimum Gasteiger partial charge on any atom is -0.0613 e. The predicted octanol–water partition coefficient (Wildman–Crippen LogP) is 3.85. The molecule has 0 N–H and O–H groups in total. The number of rotatable bonds is 1. The zero-order valence-electron chi connectivity index (χ0n) is 11.2. The van der Waals surface area contributed by atoms with Gasteiger partial charge in [-0.25, -0.2) is 0 Å². The molecule has 1 rings (SSSR count). The van der Waals surface area contributed by atoms with Crippen molar-refractivity contribution < 1.29 is 2.74 Å². The maximum atomic E-state index is 7.71. The maximum Gasteiger partial charge on any atom is 0.0313 e. The van der Waals surface area contributed by atoms with Crippen LogP contribution in [0.25, 0.3) is 0 Å². The summed E-state index contributed by atoms with van der Waals surface area (Å²) in [4.78, 5) is 0. The monoisotopic (exact) mass is 178 g/mol. The molecule has 0 aliphatic carbocycles. The fraction of sp³-hybridized carbons (Fsp3) is 0.538. The van der Waals surface area contributed by atoms with Crippen molar-refractivity contribution in [2.75, 3.05) is 0 Å². The van der Waals surface area contributed by atoms with Crippen LogP contribution in [0.4, 0.5) is 0 Å². The van der Waals surface area contributed by atoms with Gasteiger partial charge in [0.05, 0.1) is 0 Å². The molecule has 72 valence electrons. The minimum absolute atomic E-state index is 0.129. The minimum atomic E-state index is -1.25. The molecule has 0 fully saturated rings. The van der Waals surface area contributed by atoms with Crippen molar-refractivity contribution in [3.8, 4) is 0 Å². The topological polar surface area (TPSA) is 0 Å². The number of hydrogen-bond donors (Lipinski definition) is 0. The van der Waals surface area contributed by atoms with Crippen LogP contribution in [0.1, 0.15) is 47.1 Å². The van der Waals surface area contributed by atoms with Gasteiger partial charge in [-0.15, -0.1) is 0 Å². The van der Waals surface area contributed by atoms with Crippen molar-refractivity contribution in [3.05, 3.63) is 34.9 Å². The van der Waals surface area contributed by atoms with E-state index in [0.717, 1.165) is 11.1 Å². The van der Waals surface area contributed by atoms with Crippen molar-refractivity contribution in [1.82, 2.24) is 0 Å². The lowest BCUT2D eigenvalue weighted by Crippen LogP contribution is -2.11. The molecule has 1 aromatic rings. The molecule has 0 radical (unpaired) electrons. The van der Waals surface area contributed by atoms with Crippen molar-refractivity contribution in [2.45, 2.75) is 46.4 Å². The Balaban J connectivity index is 3.21. The van der Waals surface area contributed by atoms with E-state index in [9.17, 15) is 0 Å². The number of aryl methyl sites for hydroxylation is 2. The molecule has 0 aromatic heterocycles. The first-order valence-corrected chi connectivity index (χ1v) is 4.74. The van der Waals surface area contributed by atoms with Crippen LogP contribution < -0.4 is 0 Å². The smallest absolute Gasteiger partial charge is 0.0313 e. The molecule has 0 heterocycles. The van der Waals surface area contributed by atoms with E-state index in [0.29, 0.717) is 0 Å². The van der Waals surface area contributed by atoms with Crippen LogP contribution in [0.2, 0.25) is 0 Å². The molecule has 0 unspecified atom stereocenters. The van der Waals surface area contributed by atoms with Crippen molar-refractivity contribution in [3.63, 3.8) is 0 Å². The Morgan fingerprint density at radius 3 is 2.31 bits per heavy atom. The molecule has 13 heavy (non-hydrogen) atoms. The Bertz CT molecular complexity index is 354. The van der Waals surface area contributed by atoms with E-state index < -0.39 is 6.37 Å². The van der Waals surface area contributed by atoms with Crippen LogP contribution >= 0.6 is 0 Å². The third-order valence-corrected chi connectivity index (χ3v) is 2.36. The van der Waals surface area contributed by atoms with E-state index in [1.54, 1.807) is 6.92 Å². The first kappa shape index (κ1) is 7.61. The highest BCUT2D eigenvalue weighted by atomic mass is 14.2. The van der Waals surface area contributed by atoms with Gasteiger partial charge in [-0.3, -0.25) is 0 Å². The van der Waals surface area contributed by atoms with Gasteiger partial charge in [0, 0.05) is 2.74 Å². The molecule has 0 amide bonds. The summed E-state index contributed by atoms with van der Waals surface area (Å²) in [5.41, 5.74) is 3.21. The summed E-state index contributed by atoms with van der Waals surface area (Å²) in [6, 6.07) is 6.04. The van der Waals surface area contributed by atoms with E-state index in [1.165, 1.54) is 5.56 Å². The second-order valence-electron chi connectivity index (χ2n) is 4.53. The Morgan fingerprint density at radius 2 is 1.92 bits per heavy atom. The van der Waals surface area contributed by atoms with Crippen LogP contribution in [0, 0.1) is 6.92 Å². The highest BCUT2D eigenvalue weighted by Gasteiger charge is 2.13. The molecular formula is C13H20. The summed E-state index contributed by atoms with van der Waals surface area (Å²) in [6.45, 7) is 10.1. The molecular weight excluding hydrogens is 156 g/mol. The molecule has 0 nitrogen and oxygen atoms in total. The van der Waals surface area contributed by atoms with Gasteiger partial charge >= 0.3 is 0 Å². The molecule has 0 saturated carbocycles. The standard InChI is InChI=1S/C13H20/c1-6-11-7-8-12(9-10(11)2)13(3,4)5/h7-9H,6H2,1-5H3/i6D2. The highest BCUT2D eigenvalue weighted by Crippen LogP contribution is 2.24. The third kappa shape index (κ3) is 2.33. The summed E-state index contributed by atoms with van der Waals surface area (Å²) in [5.74, 6) is 0. The first-order chi connectivity index (χ1) is 6.62. The second kappa shape index (κ2) is 3.53. The summed E-state index contributed by atoms with van der Waals surface area (Å²) >= 11 is 0. The molecule has 0 saturated heterocycles. The first-order valence-electron chi connectivity index (χ1n) is 5.74. The summed E-state index contributed by atoms with van der Waals surface area (Å²) in [7, 11) is 0. The van der Waals surface area contributed by atoms with Gasteiger partial charge in [0.1, 0.15) is 0 Å². The van der Waals surface area contributed by atoms with E-state index in [2.05, 4.69) is 26.8 Å². The van der Waals surface area contributed by atoms with Crippen LogP contribution in [0.3, 0.4) is 0 Å². The van der Waals surface area contributed by atoms with E-state index in [-0.39, 0.29) is 5.41 Å². The lowest BCUT2D eigenvalue weighted by atomic mass is 9.85. The van der Waals surface area contributed by atoms with Crippen molar-refractivity contribution in [2.24, 2.45) is 0 Å². The average molecular weight is 178 g/mol. The van der Waals surface area contributed by atoms with Gasteiger partial charge in [0.2, 0.25) is 0 Å². The highest BCUT2D eigenvalue weighted by molar-refractivity contribution is 5.34. The average Bonchev–Trinajstić information content (AvgIpc) is 1.99. The van der Waals surface area contributed by atoms with Crippen LogP contribution in [0.15, 0.2) is 18.2 Å². The Morgan fingerprint density at radius 1 is 1.31 bits per heavy atom. The van der Waals surface area contributed by atoms with Crippen LogP contribution in [-0.4, -0.2) is 0 Å². The third-order valence-electron chi connectivity index (χ3n) is 2.36. The molecule has 0 aliphatic rings. The second-order valence-corrected chi connectivity index (χ2v) is 4.53. The number of benzene rings is 1. The van der Waals surface area contributed by atoms with Gasteiger partial charge in [0.15, 0.2) is 0 Å². The molecule has 0 bridgehead atoms. The van der Waals surface area contributed by atoms with Crippen molar-refractivity contribution >= 4 is 0 Å². The zero-order chi connectivity index (χ0) is 11.9. The van der Waals surface area contributed by atoms with Gasteiger partial charge in [0.25, 0.3) is 0 Å². The van der Waals surface area contributed by atoms with Crippen LogP contribution in [-0.2, 0) is 11.8 Å². The molecule has 0 aliphatic heterocycles. The Kier molecular flexibility index (Phi) is 2.07. The lowest BCUT2D eigenvalue weighted by Gasteiger charge is -2.20. The SMILES string of the molecule is [2H]C([2H])(C)c1ccc(C(C)(C)C)cc1C. The Hall–Kier alpha value is -0.780. The quantitative estimate of drug-likeness (QED) is 0.612. The van der Waals surface area contributed by atoms with Crippen LogP contribution in [0.5, 0.6) is 0 Å². The van der Waals surface area contributed by atoms with E-state index >= 15 is 0 Å². The van der Waals surface area contributed by atoms with E-state index in [4.69, 9.17) is 2.74 Å². The fourth-order valence-corrected chi connectivity index (χ4v) is 1.41. The number of hydrogen-bond acceptors (Lipinski definition) is 0. The molecule has 0 heteroatoms.